The summed E-state index contributed by atoms with van der Waals surface area (Å²) in [6.07, 6.45) is 3.05. The maximum absolute atomic E-state index is 5.73. The number of ether oxygens (including phenoxy) is 2. The first-order chi connectivity index (χ1) is 15.5. The normalized spacial score (nSPS) is 14.4. The molecule has 1 aliphatic heterocycles. The lowest BCUT2D eigenvalue weighted by Gasteiger charge is -2.36. The van der Waals surface area contributed by atoms with E-state index in [0.29, 0.717) is 13.2 Å². The zero-order valence-corrected chi connectivity index (χ0v) is 20.7. The molecule has 1 saturated heterocycles. The molecule has 2 aromatic rings. The molecule has 1 aromatic heterocycles. The second kappa shape index (κ2) is 12.1. The van der Waals surface area contributed by atoms with Crippen LogP contribution in [0.1, 0.15) is 37.6 Å². The Morgan fingerprint density at radius 2 is 1.78 bits per heavy atom. The fourth-order valence-electron chi connectivity index (χ4n) is 3.90. The summed E-state index contributed by atoms with van der Waals surface area (Å²) in [6.45, 7) is 16.0. The van der Waals surface area contributed by atoms with Crippen molar-refractivity contribution in [3.05, 3.63) is 41.2 Å². The number of nitrogens with zero attached hydrogens (tertiary/aromatic N) is 4. The summed E-state index contributed by atoms with van der Waals surface area (Å²) >= 11 is 5.66. The third kappa shape index (κ3) is 6.59. The van der Waals surface area contributed by atoms with Crippen molar-refractivity contribution in [3.8, 4) is 11.5 Å². The summed E-state index contributed by atoms with van der Waals surface area (Å²) in [5, 5.41) is 8.83. The summed E-state index contributed by atoms with van der Waals surface area (Å²) in [7, 11) is 0. The largest absolute Gasteiger partial charge is 0.490 e. The highest BCUT2D eigenvalue weighted by atomic mass is 32.1. The maximum Gasteiger partial charge on any atom is 0.169 e. The fourth-order valence-corrected chi connectivity index (χ4v) is 4.19. The van der Waals surface area contributed by atoms with Gasteiger partial charge in [0.05, 0.1) is 18.9 Å². The molecule has 1 aromatic carbocycles. The minimum atomic E-state index is 0.623. The van der Waals surface area contributed by atoms with Gasteiger partial charge in [-0.05, 0) is 64.0 Å². The Morgan fingerprint density at radius 3 is 2.44 bits per heavy atom. The van der Waals surface area contributed by atoms with Crippen molar-refractivity contribution in [2.75, 3.05) is 45.9 Å². The van der Waals surface area contributed by atoms with Gasteiger partial charge in [-0.15, -0.1) is 0 Å². The Labute approximate surface area is 197 Å². The molecule has 1 fully saturated rings. The number of aryl methyl sites for hydroxylation is 2. The molecule has 1 N–H and O–H groups in total. The fraction of sp³-hybridized carbons (Fsp3) is 0.583. The van der Waals surface area contributed by atoms with Crippen LogP contribution in [0.3, 0.4) is 0 Å². The average molecular weight is 460 g/mol. The van der Waals surface area contributed by atoms with Crippen molar-refractivity contribution in [2.24, 2.45) is 0 Å². The second-order valence-corrected chi connectivity index (χ2v) is 8.37. The van der Waals surface area contributed by atoms with Gasteiger partial charge < -0.3 is 19.7 Å². The third-order valence-corrected chi connectivity index (χ3v) is 6.13. The van der Waals surface area contributed by atoms with E-state index in [9.17, 15) is 0 Å². The molecule has 0 aliphatic carbocycles. The summed E-state index contributed by atoms with van der Waals surface area (Å²) in [5.74, 6) is 1.61. The van der Waals surface area contributed by atoms with E-state index in [1.807, 2.05) is 24.6 Å². The number of piperazine rings is 1. The molecule has 3 rings (SSSR count). The van der Waals surface area contributed by atoms with Crippen LogP contribution in [0, 0.1) is 6.92 Å². The molecule has 32 heavy (non-hydrogen) atoms. The van der Waals surface area contributed by atoms with Crippen molar-refractivity contribution >= 4 is 17.3 Å². The third-order valence-electron chi connectivity index (χ3n) is 5.72. The molecule has 0 amide bonds. The molecule has 8 heteroatoms. The molecule has 0 radical (unpaired) electrons. The standard InChI is InChI=1S/C24H37N5O2S/c1-5-29-18-21(19(4)26-29)17-27-12-14-28(15-13-27)24(32)25-11-10-20-8-9-22(30-6-2)23(16-20)31-7-3/h8-9,16,18H,5-7,10-15,17H2,1-4H3,(H,25,32). The Morgan fingerprint density at radius 1 is 1.06 bits per heavy atom. The highest BCUT2D eigenvalue weighted by Gasteiger charge is 2.20. The minimum absolute atomic E-state index is 0.623. The Kier molecular flexibility index (Phi) is 9.17. The summed E-state index contributed by atoms with van der Waals surface area (Å²) < 4.78 is 13.4. The van der Waals surface area contributed by atoms with Crippen LogP contribution in [0.2, 0.25) is 0 Å². The quantitative estimate of drug-likeness (QED) is 0.548. The summed E-state index contributed by atoms with van der Waals surface area (Å²) in [6, 6.07) is 6.16. The van der Waals surface area contributed by atoms with Gasteiger partial charge in [0.15, 0.2) is 16.6 Å². The number of nitrogens with one attached hydrogen (secondary N) is 1. The predicted octanol–water partition coefficient (Wildman–Crippen LogP) is 3.24. The molecule has 0 bridgehead atoms. The highest BCUT2D eigenvalue weighted by Crippen LogP contribution is 2.28. The lowest BCUT2D eigenvalue weighted by molar-refractivity contribution is 0.174. The molecule has 2 heterocycles. The number of rotatable bonds is 10. The van der Waals surface area contributed by atoms with Gasteiger partial charge >= 0.3 is 0 Å². The monoisotopic (exact) mass is 459 g/mol. The minimum Gasteiger partial charge on any atom is -0.490 e. The second-order valence-electron chi connectivity index (χ2n) is 7.99. The van der Waals surface area contributed by atoms with Crippen LogP contribution in [0.15, 0.2) is 24.4 Å². The van der Waals surface area contributed by atoms with Gasteiger partial charge in [0, 0.05) is 57.6 Å². The van der Waals surface area contributed by atoms with E-state index in [1.165, 1.54) is 11.1 Å². The van der Waals surface area contributed by atoms with Gasteiger partial charge in [0.25, 0.3) is 0 Å². The van der Waals surface area contributed by atoms with E-state index in [2.05, 4.69) is 52.4 Å². The van der Waals surface area contributed by atoms with E-state index in [-0.39, 0.29) is 0 Å². The van der Waals surface area contributed by atoms with Crippen LogP contribution < -0.4 is 14.8 Å². The molecule has 0 unspecified atom stereocenters. The Hall–Kier alpha value is -2.32. The first kappa shape index (κ1) is 24.3. The van der Waals surface area contributed by atoms with E-state index in [0.717, 1.165) is 74.5 Å². The molecular weight excluding hydrogens is 422 g/mol. The maximum atomic E-state index is 5.73. The lowest BCUT2D eigenvalue weighted by atomic mass is 10.1. The molecule has 7 nitrogen and oxygen atoms in total. The van der Waals surface area contributed by atoms with Crippen molar-refractivity contribution in [1.82, 2.24) is 24.9 Å². The predicted molar refractivity (Wildman–Crippen MR) is 133 cm³/mol. The zero-order chi connectivity index (χ0) is 22.9. The van der Waals surface area contributed by atoms with Crippen LogP contribution in [0.4, 0.5) is 0 Å². The van der Waals surface area contributed by atoms with Gasteiger partial charge in [0.2, 0.25) is 0 Å². The smallest absolute Gasteiger partial charge is 0.169 e. The highest BCUT2D eigenvalue weighted by molar-refractivity contribution is 7.80. The van der Waals surface area contributed by atoms with Crippen LogP contribution in [0.25, 0.3) is 0 Å². The summed E-state index contributed by atoms with van der Waals surface area (Å²) in [4.78, 5) is 4.76. The van der Waals surface area contributed by atoms with Gasteiger partial charge in [-0.1, -0.05) is 6.07 Å². The molecular formula is C24H37N5O2S. The van der Waals surface area contributed by atoms with Crippen LogP contribution in [-0.4, -0.2) is 70.6 Å². The number of hydrogen-bond donors (Lipinski definition) is 1. The zero-order valence-electron chi connectivity index (χ0n) is 19.9. The topological polar surface area (TPSA) is 54.8 Å². The molecule has 1 aliphatic rings. The number of aromatic nitrogens is 2. The molecule has 176 valence electrons. The first-order valence-corrected chi connectivity index (χ1v) is 12.1. The number of thiocarbonyl (C=S) groups is 1. The van der Waals surface area contributed by atoms with E-state index in [4.69, 9.17) is 21.7 Å². The lowest BCUT2D eigenvalue weighted by Crippen LogP contribution is -2.51. The molecule has 0 saturated carbocycles. The average Bonchev–Trinajstić information content (AvgIpc) is 3.15. The van der Waals surface area contributed by atoms with Gasteiger partial charge in [0.1, 0.15) is 0 Å². The first-order valence-electron chi connectivity index (χ1n) is 11.7. The van der Waals surface area contributed by atoms with Crippen molar-refractivity contribution in [1.29, 1.82) is 0 Å². The van der Waals surface area contributed by atoms with Crippen LogP contribution >= 0.6 is 12.2 Å². The van der Waals surface area contributed by atoms with Crippen LogP contribution in [0.5, 0.6) is 11.5 Å². The van der Waals surface area contributed by atoms with Crippen molar-refractivity contribution < 1.29 is 9.47 Å². The molecule has 0 spiro atoms. The number of benzene rings is 1. The van der Waals surface area contributed by atoms with Crippen LogP contribution in [-0.2, 0) is 19.5 Å². The van der Waals surface area contributed by atoms with Crippen molar-refractivity contribution in [3.63, 3.8) is 0 Å². The SMILES string of the molecule is CCOc1ccc(CCNC(=S)N2CCN(Cc3cn(CC)nc3C)CC2)cc1OCC. The van der Waals surface area contributed by atoms with E-state index in [1.54, 1.807) is 0 Å². The van der Waals surface area contributed by atoms with Gasteiger partial charge in [-0.25, -0.2) is 0 Å². The summed E-state index contributed by atoms with van der Waals surface area (Å²) in [5.41, 5.74) is 3.66. The molecule has 0 atom stereocenters. The van der Waals surface area contributed by atoms with E-state index < -0.39 is 0 Å². The van der Waals surface area contributed by atoms with Gasteiger partial charge in [-0.2, -0.15) is 5.10 Å². The Balaban J connectivity index is 1.42. The number of hydrogen-bond acceptors (Lipinski definition) is 5. The van der Waals surface area contributed by atoms with Gasteiger partial charge in [-0.3, -0.25) is 9.58 Å². The Bertz CT molecular complexity index is 877. The van der Waals surface area contributed by atoms with E-state index >= 15 is 0 Å². The van der Waals surface area contributed by atoms with Crippen molar-refractivity contribution in [2.45, 2.75) is 47.2 Å².